The Hall–Kier alpha value is -4.02. The van der Waals surface area contributed by atoms with E-state index in [4.69, 9.17) is 4.74 Å². The van der Waals surface area contributed by atoms with Gasteiger partial charge in [0, 0.05) is 36.8 Å². The first-order valence-corrected chi connectivity index (χ1v) is 11.3. The summed E-state index contributed by atoms with van der Waals surface area (Å²) in [7, 11) is 1.77. The number of aliphatic hydroxyl groups is 1. The fourth-order valence-corrected chi connectivity index (χ4v) is 4.53. The number of rotatable bonds is 4. The second-order valence-corrected chi connectivity index (χ2v) is 8.43. The largest absolute Gasteiger partial charge is 0.382 e. The number of morpholine rings is 1. The van der Waals surface area contributed by atoms with Crippen LogP contribution in [0.25, 0.3) is 33.2 Å². The molecule has 1 unspecified atom stereocenters. The first kappa shape index (κ1) is 21.5. The predicted octanol–water partition coefficient (Wildman–Crippen LogP) is 3.03. The molecule has 1 saturated heterocycles. The third-order valence-corrected chi connectivity index (χ3v) is 6.38. The standard InChI is InChI=1S/C25H22FN7O2/c1-32-25-19(12-31-32)23(29-14-30-25)24(34)15-2-5-20(26)18(10-15)22-17-4-3-16(11-21(17)27-13-28-22)33-6-8-35-9-7-33/h2-5,10-14,24,34H,6-9H2,1H3. The first-order chi connectivity index (χ1) is 17.1. The lowest BCUT2D eigenvalue weighted by Gasteiger charge is -2.29. The SMILES string of the molecule is Cn1ncc2c(C(O)c3ccc(F)c(-c4ncnc5cc(N6CCOCC6)ccc45)c3)ncnc21. The van der Waals surface area contributed by atoms with Gasteiger partial charge < -0.3 is 14.7 Å². The number of hydrogen-bond acceptors (Lipinski definition) is 8. The Morgan fingerprint density at radius 1 is 0.971 bits per heavy atom. The zero-order valence-electron chi connectivity index (χ0n) is 19.0. The molecule has 0 spiro atoms. The number of aliphatic hydroxyl groups excluding tert-OH is 1. The van der Waals surface area contributed by atoms with Crippen molar-refractivity contribution in [2.24, 2.45) is 7.05 Å². The highest BCUT2D eigenvalue weighted by atomic mass is 19.1. The maximum Gasteiger partial charge on any atom is 0.161 e. The lowest BCUT2D eigenvalue weighted by atomic mass is 9.98. The summed E-state index contributed by atoms with van der Waals surface area (Å²) in [6.07, 6.45) is 3.34. The summed E-state index contributed by atoms with van der Waals surface area (Å²) in [6, 6.07) is 10.4. The van der Waals surface area contributed by atoms with Gasteiger partial charge in [0.1, 0.15) is 24.6 Å². The van der Waals surface area contributed by atoms with Crippen LogP contribution in [0.4, 0.5) is 10.1 Å². The van der Waals surface area contributed by atoms with Gasteiger partial charge in [0.15, 0.2) is 5.65 Å². The number of anilines is 1. The molecular weight excluding hydrogens is 449 g/mol. The van der Waals surface area contributed by atoms with Gasteiger partial charge in [-0.25, -0.2) is 24.3 Å². The van der Waals surface area contributed by atoms with Gasteiger partial charge in [-0.2, -0.15) is 5.10 Å². The van der Waals surface area contributed by atoms with Crippen LogP contribution in [0.1, 0.15) is 17.4 Å². The van der Waals surface area contributed by atoms with Gasteiger partial charge in [0.05, 0.1) is 41.7 Å². The highest BCUT2D eigenvalue weighted by molar-refractivity contribution is 5.94. The second kappa shape index (κ2) is 8.64. The molecule has 0 saturated carbocycles. The van der Waals surface area contributed by atoms with E-state index in [-0.39, 0.29) is 5.56 Å². The third-order valence-electron chi connectivity index (χ3n) is 6.38. The molecule has 1 atom stereocenters. The molecule has 0 bridgehead atoms. The topological polar surface area (TPSA) is 102 Å². The summed E-state index contributed by atoms with van der Waals surface area (Å²) < 4.78 is 22.1. The van der Waals surface area contributed by atoms with E-state index in [1.807, 2.05) is 18.2 Å². The van der Waals surface area contributed by atoms with Crippen LogP contribution in [0.5, 0.6) is 0 Å². The van der Waals surface area contributed by atoms with Gasteiger partial charge >= 0.3 is 0 Å². The molecule has 1 N–H and O–H groups in total. The molecule has 5 aromatic rings. The molecule has 3 aromatic heterocycles. The van der Waals surface area contributed by atoms with Gasteiger partial charge in [-0.1, -0.05) is 6.07 Å². The molecule has 1 fully saturated rings. The number of ether oxygens (including phenoxy) is 1. The van der Waals surface area contributed by atoms with Crippen molar-refractivity contribution in [3.8, 4) is 11.3 Å². The molecule has 0 radical (unpaired) electrons. The van der Waals surface area contributed by atoms with Crippen molar-refractivity contribution < 1.29 is 14.2 Å². The molecule has 0 amide bonds. The molecule has 6 rings (SSSR count). The van der Waals surface area contributed by atoms with Crippen molar-refractivity contribution in [3.63, 3.8) is 0 Å². The molecule has 4 heterocycles. The average Bonchev–Trinajstić information content (AvgIpc) is 3.29. The Morgan fingerprint density at radius 2 is 1.80 bits per heavy atom. The van der Waals surface area contributed by atoms with Crippen LogP contribution < -0.4 is 4.90 Å². The fraction of sp³-hybridized carbons (Fsp3) is 0.240. The first-order valence-electron chi connectivity index (χ1n) is 11.3. The number of halogens is 1. The summed E-state index contributed by atoms with van der Waals surface area (Å²) in [5.41, 5.74) is 4.00. The molecular formula is C25H22FN7O2. The van der Waals surface area contributed by atoms with E-state index in [1.54, 1.807) is 30.1 Å². The van der Waals surface area contributed by atoms with Gasteiger partial charge in [0.25, 0.3) is 0 Å². The molecule has 0 aliphatic carbocycles. The third kappa shape index (κ3) is 3.76. The molecule has 10 heteroatoms. The summed E-state index contributed by atoms with van der Waals surface area (Å²) in [5.74, 6) is -0.438. The molecule has 1 aliphatic heterocycles. The van der Waals surface area contributed by atoms with E-state index >= 15 is 4.39 Å². The second-order valence-electron chi connectivity index (χ2n) is 8.43. The summed E-state index contributed by atoms with van der Waals surface area (Å²) in [4.78, 5) is 19.6. The van der Waals surface area contributed by atoms with Crippen LogP contribution in [0.3, 0.4) is 0 Å². The number of hydrogen-bond donors (Lipinski definition) is 1. The molecule has 1 aliphatic rings. The van der Waals surface area contributed by atoms with Crippen molar-refractivity contribution in [2.75, 3.05) is 31.2 Å². The van der Waals surface area contributed by atoms with Crippen molar-refractivity contribution >= 4 is 27.6 Å². The molecule has 176 valence electrons. The van der Waals surface area contributed by atoms with Crippen molar-refractivity contribution in [1.82, 2.24) is 29.7 Å². The minimum Gasteiger partial charge on any atom is -0.382 e. The van der Waals surface area contributed by atoms with Crippen molar-refractivity contribution in [3.05, 3.63) is 72.3 Å². The van der Waals surface area contributed by atoms with Crippen LogP contribution in [-0.4, -0.2) is 61.1 Å². The predicted molar refractivity (Wildman–Crippen MR) is 128 cm³/mol. The average molecular weight is 471 g/mol. The van der Waals surface area contributed by atoms with Gasteiger partial charge in [0.2, 0.25) is 0 Å². The van der Waals surface area contributed by atoms with E-state index < -0.39 is 11.9 Å². The lowest BCUT2D eigenvalue weighted by molar-refractivity contribution is 0.122. The Bertz CT molecular complexity index is 1550. The zero-order chi connectivity index (χ0) is 23.9. The smallest absolute Gasteiger partial charge is 0.161 e. The van der Waals surface area contributed by atoms with Crippen LogP contribution in [0.15, 0.2) is 55.2 Å². The Labute approximate surface area is 199 Å². The van der Waals surface area contributed by atoms with E-state index in [2.05, 4.69) is 29.9 Å². The maximum atomic E-state index is 15.1. The van der Waals surface area contributed by atoms with Gasteiger partial charge in [-0.05, 0) is 35.9 Å². The number of aromatic nitrogens is 6. The van der Waals surface area contributed by atoms with Crippen molar-refractivity contribution in [1.29, 1.82) is 0 Å². The monoisotopic (exact) mass is 471 g/mol. The van der Waals surface area contributed by atoms with Gasteiger partial charge in [-0.3, -0.25) is 4.68 Å². The number of benzene rings is 2. The molecule has 2 aromatic carbocycles. The quantitative estimate of drug-likeness (QED) is 0.427. The maximum absolute atomic E-state index is 15.1. The van der Waals surface area contributed by atoms with E-state index in [1.165, 1.54) is 18.7 Å². The Balaban J connectivity index is 1.41. The van der Waals surface area contributed by atoms with Gasteiger partial charge in [-0.15, -0.1) is 0 Å². The normalized spacial score (nSPS) is 15.1. The Morgan fingerprint density at radius 3 is 2.66 bits per heavy atom. The highest BCUT2D eigenvalue weighted by Gasteiger charge is 2.21. The summed E-state index contributed by atoms with van der Waals surface area (Å²) >= 11 is 0. The van der Waals surface area contributed by atoms with E-state index in [0.717, 1.165) is 29.7 Å². The fourth-order valence-electron chi connectivity index (χ4n) is 4.53. The zero-order valence-corrected chi connectivity index (χ0v) is 19.0. The van der Waals surface area contributed by atoms with E-state index in [0.29, 0.717) is 41.2 Å². The molecule has 9 nitrogen and oxygen atoms in total. The van der Waals surface area contributed by atoms with Crippen LogP contribution >= 0.6 is 0 Å². The van der Waals surface area contributed by atoms with E-state index in [9.17, 15) is 5.11 Å². The minimum absolute atomic E-state index is 0.282. The van der Waals surface area contributed by atoms with Crippen molar-refractivity contribution in [2.45, 2.75) is 6.10 Å². The number of fused-ring (bicyclic) bond motifs is 2. The van der Waals surface area contributed by atoms with Crippen LogP contribution in [0.2, 0.25) is 0 Å². The number of nitrogens with zero attached hydrogens (tertiary/aromatic N) is 7. The summed E-state index contributed by atoms with van der Waals surface area (Å²) in [6.45, 7) is 2.99. The van der Waals surface area contributed by atoms with Crippen LogP contribution in [0, 0.1) is 5.82 Å². The highest BCUT2D eigenvalue weighted by Crippen LogP contribution is 2.33. The Kier molecular flexibility index (Phi) is 5.31. The number of aryl methyl sites for hydroxylation is 1. The minimum atomic E-state index is -1.09. The van der Waals surface area contributed by atoms with Crippen LogP contribution in [-0.2, 0) is 11.8 Å². The summed E-state index contributed by atoms with van der Waals surface area (Å²) in [5, 5.41) is 16.7. The lowest BCUT2D eigenvalue weighted by Crippen LogP contribution is -2.36. The molecule has 35 heavy (non-hydrogen) atoms.